The number of hydrogen-bond acceptors (Lipinski definition) is 3. The summed E-state index contributed by atoms with van der Waals surface area (Å²) in [7, 11) is 1.63. The molecule has 0 bridgehead atoms. The maximum absolute atomic E-state index is 12.7. The lowest BCUT2D eigenvalue weighted by atomic mass is 10.1. The molecule has 0 aliphatic carbocycles. The summed E-state index contributed by atoms with van der Waals surface area (Å²) in [5, 5.41) is 0.929. The Morgan fingerprint density at radius 1 is 1.36 bits per heavy atom. The highest BCUT2D eigenvalue weighted by atomic mass is 16.5. The summed E-state index contributed by atoms with van der Waals surface area (Å²) in [6.45, 7) is 6.39. The van der Waals surface area contributed by atoms with E-state index in [-0.39, 0.29) is 18.0 Å². The third-order valence-corrected chi connectivity index (χ3v) is 4.22. The summed E-state index contributed by atoms with van der Waals surface area (Å²) in [5.74, 6) is 0.929. The zero-order chi connectivity index (χ0) is 15.7. The maximum Gasteiger partial charge on any atom is 0.219 e. The average Bonchev–Trinajstić information content (AvgIpc) is 2.88. The van der Waals surface area contributed by atoms with E-state index in [0.717, 1.165) is 35.3 Å². The minimum Gasteiger partial charge on any atom is -0.497 e. The number of quaternary nitrogens is 1. The van der Waals surface area contributed by atoms with E-state index < -0.39 is 0 Å². The van der Waals surface area contributed by atoms with Crippen molar-refractivity contribution < 1.29 is 19.2 Å². The molecule has 1 saturated heterocycles. The molecule has 2 aromatic rings. The van der Waals surface area contributed by atoms with Crippen molar-refractivity contribution in [2.75, 3.05) is 26.7 Å². The largest absolute Gasteiger partial charge is 0.497 e. The molecule has 5 nitrogen and oxygen atoms in total. The van der Waals surface area contributed by atoms with Gasteiger partial charge in [-0.15, -0.1) is 0 Å². The van der Waals surface area contributed by atoms with Crippen LogP contribution in [0.5, 0.6) is 5.75 Å². The Morgan fingerprint density at radius 2 is 2.09 bits per heavy atom. The van der Waals surface area contributed by atoms with E-state index >= 15 is 0 Å². The molecule has 1 aliphatic rings. The number of ether oxygens (including phenoxy) is 2. The zero-order valence-electron chi connectivity index (χ0n) is 13.3. The first-order valence-electron chi connectivity index (χ1n) is 7.74. The maximum atomic E-state index is 12.7. The van der Waals surface area contributed by atoms with Crippen LogP contribution in [0.15, 0.2) is 24.4 Å². The van der Waals surface area contributed by atoms with Crippen LogP contribution in [0.1, 0.15) is 24.2 Å². The predicted molar refractivity (Wildman–Crippen MR) is 84.8 cm³/mol. The second-order valence-corrected chi connectivity index (χ2v) is 6.13. The molecule has 3 atom stereocenters. The number of rotatable bonds is 4. The van der Waals surface area contributed by atoms with Gasteiger partial charge >= 0.3 is 0 Å². The average molecular weight is 303 g/mol. The molecule has 0 amide bonds. The highest BCUT2D eigenvalue weighted by Crippen LogP contribution is 2.23. The quantitative estimate of drug-likeness (QED) is 0.830. The van der Waals surface area contributed by atoms with Gasteiger partial charge in [0.15, 0.2) is 0 Å². The fraction of sp³-hybridized carbons (Fsp3) is 0.471. The topological polar surface area (TPSA) is 55.8 Å². The second-order valence-electron chi connectivity index (χ2n) is 6.13. The molecular weight excluding hydrogens is 280 g/mol. The van der Waals surface area contributed by atoms with E-state index in [1.165, 1.54) is 4.90 Å². The second kappa shape index (κ2) is 6.10. The molecule has 22 heavy (non-hydrogen) atoms. The van der Waals surface area contributed by atoms with Gasteiger partial charge in [0.1, 0.15) is 37.6 Å². The van der Waals surface area contributed by atoms with Crippen molar-refractivity contribution in [2.45, 2.75) is 26.1 Å². The predicted octanol–water partition coefficient (Wildman–Crippen LogP) is 1.05. The van der Waals surface area contributed by atoms with Gasteiger partial charge < -0.3 is 19.4 Å². The lowest BCUT2D eigenvalue weighted by Gasteiger charge is -2.31. The van der Waals surface area contributed by atoms with Crippen molar-refractivity contribution in [3.63, 3.8) is 0 Å². The third kappa shape index (κ3) is 3.00. The Balaban J connectivity index is 1.80. The van der Waals surface area contributed by atoms with E-state index in [0.29, 0.717) is 6.54 Å². The van der Waals surface area contributed by atoms with E-state index in [4.69, 9.17) is 9.47 Å². The van der Waals surface area contributed by atoms with E-state index in [1.807, 2.05) is 18.2 Å². The molecule has 2 N–H and O–H groups in total. The molecule has 1 unspecified atom stereocenters. The van der Waals surface area contributed by atoms with Crippen molar-refractivity contribution in [1.29, 1.82) is 0 Å². The van der Waals surface area contributed by atoms with E-state index in [9.17, 15) is 4.79 Å². The Hall–Kier alpha value is -1.85. The Morgan fingerprint density at radius 3 is 2.77 bits per heavy atom. The number of aromatic nitrogens is 1. The molecule has 2 heterocycles. The highest BCUT2D eigenvalue weighted by molar-refractivity contribution is 6.08. The van der Waals surface area contributed by atoms with Gasteiger partial charge in [-0.1, -0.05) is 0 Å². The van der Waals surface area contributed by atoms with Crippen molar-refractivity contribution in [2.24, 2.45) is 0 Å². The van der Waals surface area contributed by atoms with Crippen LogP contribution in [0.3, 0.4) is 0 Å². The van der Waals surface area contributed by atoms with Gasteiger partial charge in [-0.25, -0.2) is 0 Å². The molecule has 0 saturated carbocycles. The van der Waals surface area contributed by atoms with Crippen LogP contribution < -0.4 is 9.64 Å². The van der Waals surface area contributed by atoms with Crippen molar-refractivity contribution in [1.82, 2.24) is 4.98 Å². The SMILES string of the molecule is COc1ccc2[nH]cc(C(=O)C[NH+]3C[C@@H](C)O[C@@H](C)C3)c2c1. The van der Waals surface area contributed by atoms with Gasteiger partial charge in [0, 0.05) is 22.7 Å². The number of H-pyrrole nitrogens is 1. The van der Waals surface area contributed by atoms with Crippen LogP contribution in [-0.4, -0.2) is 49.7 Å². The summed E-state index contributed by atoms with van der Waals surface area (Å²) in [5.41, 5.74) is 1.70. The molecule has 118 valence electrons. The van der Waals surface area contributed by atoms with Crippen LogP contribution in [0, 0.1) is 0 Å². The van der Waals surface area contributed by atoms with Gasteiger partial charge in [0.2, 0.25) is 5.78 Å². The number of nitrogens with one attached hydrogen (secondary N) is 2. The van der Waals surface area contributed by atoms with Crippen LogP contribution in [0.2, 0.25) is 0 Å². The summed E-state index contributed by atoms with van der Waals surface area (Å²) >= 11 is 0. The monoisotopic (exact) mass is 303 g/mol. The summed E-state index contributed by atoms with van der Waals surface area (Å²) in [6.07, 6.45) is 2.21. The normalized spacial score (nSPS) is 25.3. The number of morpholine rings is 1. The number of Topliss-reactive ketones (excluding diaryl/α,β-unsaturated/α-hetero) is 1. The lowest BCUT2D eigenvalue weighted by Crippen LogP contribution is -3.16. The van der Waals surface area contributed by atoms with Crippen LogP contribution >= 0.6 is 0 Å². The van der Waals surface area contributed by atoms with Crippen LogP contribution in [0.4, 0.5) is 0 Å². The Bertz CT molecular complexity index is 670. The smallest absolute Gasteiger partial charge is 0.219 e. The summed E-state index contributed by atoms with van der Waals surface area (Å²) in [4.78, 5) is 17.1. The van der Waals surface area contributed by atoms with Crippen LogP contribution in [-0.2, 0) is 4.74 Å². The van der Waals surface area contributed by atoms with E-state index in [2.05, 4.69) is 18.8 Å². The first-order valence-corrected chi connectivity index (χ1v) is 7.74. The van der Waals surface area contributed by atoms with Gasteiger partial charge in [-0.05, 0) is 32.0 Å². The van der Waals surface area contributed by atoms with Crippen molar-refractivity contribution in [3.8, 4) is 5.75 Å². The van der Waals surface area contributed by atoms with E-state index in [1.54, 1.807) is 13.3 Å². The molecule has 1 aliphatic heterocycles. The minimum absolute atomic E-state index is 0.163. The fourth-order valence-electron chi connectivity index (χ4n) is 3.31. The number of aromatic amines is 1. The van der Waals surface area contributed by atoms with Gasteiger partial charge in [0.05, 0.1) is 7.11 Å². The summed E-state index contributed by atoms with van der Waals surface area (Å²) < 4.78 is 11.0. The molecule has 3 rings (SSSR count). The van der Waals surface area contributed by atoms with Gasteiger partial charge in [0.25, 0.3) is 0 Å². The van der Waals surface area contributed by atoms with Gasteiger partial charge in [-0.3, -0.25) is 4.79 Å². The number of benzene rings is 1. The highest BCUT2D eigenvalue weighted by Gasteiger charge is 2.28. The molecule has 0 spiro atoms. The van der Waals surface area contributed by atoms with Crippen molar-refractivity contribution in [3.05, 3.63) is 30.0 Å². The lowest BCUT2D eigenvalue weighted by molar-refractivity contribution is -0.906. The number of ketones is 1. The van der Waals surface area contributed by atoms with Crippen LogP contribution in [0.25, 0.3) is 10.9 Å². The Kier molecular flexibility index (Phi) is 4.18. The first kappa shape index (κ1) is 15.1. The summed E-state index contributed by atoms with van der Waals surface area (Å²) in [6, 6.07) is 5.75. The standard InChI is InChI=1S/C17H22N2O3/c1-11-8-19(9-12(2)22-11)10-17(20)15-7-18-16-5-4-13(21-3)6-14(15)16/h4-7,11-12,18H,8-10H2,1-3H3/p+1/t11-,12+. The number of carbonyl (C=O) groups excluding carboxylic acids is 1. The van der Waals surface area contributed by atoms with Gasteiger partial charge in [-0.2, -0.15) is 0 Å². The number of hydrogen-bond donors (Lipinski definition) is 2. The molecule has 1 fully saturated rings. The third-order valence-electron chi connectivity index (χ3n) is 4.22. The number of carbonyl (C=O) groups is 1. The zero-order valence-corrected chi connectivity index (χ0v) is 13.3. The molecule has 0 radical (unpaired) electrons. The first-order chi connectivity index (χ1) is 10.6. The number of methoxy groups -OCH3 is 1. The van der Waals surface area contributed by atoms with Crippen molar-refractivity contribution >= 4 is 16.7 Å². The molecule has 1 aromatic carbocycles. The molecule has 1 aromatic heterocycles. The number of fused-ring (bicyclic) bond motifs is 1. The molecule has 5 heteroatoms. The Labute approximate surface area is 130 Å². The fourth-order valence-corrected chi connectivity index (χ4v) is 3.31. The molecular formula is C17H23N2O3+. The minimum atomic E-state index is 0.163.